The van der Waals surface area contributed by atoms with Crippen molar-refractivity contribution in [2.24, 2.45) is 0 Å². The van der Waals surface area contributed by atoms with Crippen LogP contribution >= 0.6 is 0 Å². The second-order valence-corrected chi connectivity index (χ2v) is 4.62. The van der Waals surface area contributed by atoms with Gasteiger partial charge < -0.3 is 9.88 Å². The Bertz CT molecular complexity index is 511. The summed E-state index contributed by atoms with van der Waals surface area (Å²) in [7, 11) is 0. The zero-order valence-corrected chi connectivity index (χ0v) is 11.2. The highest BCUT2D eigenvalue weighted by Crippen LogP contribution is 2.20. The minimum Gasteiger partial charge on any atom is -0.347 e. The number of benzene rings is 1. The fourth-order valence-electron chi connectivity index (χ4n) is 2.30. The maximum atomic E-state index is 3.80. The SMILES string of the molecule is C=CCCn1ccc2cccc(CNCCC)c21. The molecule has 0 fully saturated rings. The molecule has 1 heterocycles. The van der Waals surface area contributed by atoms with Gasteiger partial charge in [-0.25, -0.2) is 0 Å². The summed E-state index contributed by atoms with van der Waals surface area (Å²) < 4.78 is 2.33. The molecule has 0 saturated carbocycles. The summed E-state index contributed by atoms with van der Waals surface area (Å²) in [5.74, 6) is 0. The second-order valence-electron chi connectivity index (χ2n) is 4.62. The molecule has 2 nitrogen and oxygen atoms in total. The van der Waals surface area contributed by atoms with Gasteiger partial charge in [-0.3, -0.25) is 0 Å². The minimum absolute atomic E-state index is 0.948. The van der Waals surface area contributed by atoms with Crippen molar-refractivity contribution in [1.29, 1.82) is 0 Å². The normalized spacial score (nSPS) is 10.9. The molecule has 0 spiro atoms. The predicted octanol–water partition coefficient (Wildman–Crippen LogP) is 3.72. The zero-order valence-electron chi connectivity index (χ0n) is 11.2. The summed E-state index contributed by atoms with van der Waals surface area (Å²) in [5, 5.41) is 4.81. The topological polar surface area (TPSA) is 17.0 Å². The molecule has 2 aromatic rings. The fourth-order valence-corrected chi connectivity index (χ4v) is 2.30. The van der Waals surface area contributed by atoms with E-state index >= 15 is 0 Å². The van der Waals surface area contributed by atoms with E-state index in [0.29, 0.717) is 0 Å². The number of aryl methyl sites for hydroxylation is 1. The van der Waals surface area contributed by atoms with Gasteiger partial charge in [0.25, 0.3) is 0 Å². The quantitative estimate of drug-likeness (QED) is 0.578. The van der Waals surface area contributed by atoms with Crippen LogP contribution in [0.2, 0.25) is 0 Å². The van der Waals surface area contributed by atoms with Crippen LogP contribution in [0.15, 0.2) is 43.1 Å². The average Bonchev–Trinajstić information content (AvgIpc) is 2.81. The highest BCUT2D eigenvalue weighted by Gasteiger charge is 2.05. The second kappa shape index (κ2) is 6.41. The van der Waals surface area contributed by atoms with Crippen molar-refractivity contribution in [2.75, 3.05) is 6.54 Å². The standard InChI is InChI=1S/C16H22N2/c1-3-5-11-18-12-9-14-7-6-8-15(16(14)18)13-17-10-4-2/h3,6-9,12,17H,1,4-5,10-11,13H2,2H3. The molecule has 1 N–H and O–H groups in total. The van der Waals surface area contributed by atoms with Gasteiger partial charge in [0.05, 0.1) is 5.52 Å². The Morgan fingerprint density at radius 1 is 1.33 bits per heavy atom. The maximum Gasteiger partial charge on any atom is 0.0525 e. The zero-order chi connectivity index (χ0) is 12.8. The lowest BCUT2D eigenvalue weighted by molar-refractivity contribution is 0.671. The van der Waals surface area contributed by atoms with Gasteiger partial charge in [0.1, 0.15) is 0 Å². The summed E-state index contributed by atoms with van der Waals surface area (Å²) in [6, 6.07) is 8.74. The van der Waals surface area contributed by atoms with Crippen LogP contribution in [-0.2, 0) is 13.1 Å². The number of allylic oxidation sites excluding steroid dienone is 1. The number of hydrogen-bond acceptors (Lipinski definition) is 1. The molecule has 2 heteroatoms. The first-order chi connectivity index (χ1) is 8.86. The molecule has 0 radical (unpaired) electrons. The fraction of sp³-hybridized carbons (Fsp3) is 0.375. The molecule has 2 rings (SSSR count). The van der Waals surface area contributed by atoms with Crippen molar-refractivity contribution >= 4 is 10.9 Å². The molecule has 0 atom stereocenters. The van der Waals surface area contributed by atoms with Crippen molar-refractivity contribution in [1.82, 2.24) is 9.88 Å². The molecule has 1 aromatic heterocycles. The van der Waals surface area contributed by atoms with Gasteiger partial charge in [0, 0.05) is 19.3 Å². The molecule has 0 aliphatic heterocycles. The Balaban J connectivity index is 2.26. The van der Waals surface area contributed by atoms with Gasteiger partial charge in [-0.05, 0) is 36.4 Å². The van der Waals surface area contributed by atoms with E-state index in [-0.39, 0.29) is 0 Å². The molecule has 0 aliphatic rings. The number of rotatable bonds is 7. The van der Waals surface area contributed by atoms with E-state index in [2.05, 4.69) is 53.8 Å². The Hall–Kier alpha value is -1.54. The van der Waals surface area contributed by atoms with Crippen LogP contribution in [-0.4, -0.2) is 11.1 Å². The van der Waals surface area contributed by atoms with Gasteiger partial charge in [0.2, 0.25) is 0 Å². The molecule has 1 aromatic carbocycles. The largest absolute Gasteiger partial charge is 0.347 e. The Morgan fingerprint density at radius 2 is 2.22 bits per heavy atom. The number of aromatic nitrogens is 1. The average molecular weight is 242 g/mol. The molecule has 0 bridgehead atoms. The third-order valence-corrected chi connectivity index (χ3v) is 3.19. The van der Waals surface area contributed by atoms with Crippen LogP contribution < -0.4 is 5.32 Å². The minimum atomic E-state index is 0.948. The van der Waals surface area contributed by atoms with Gasteiger partial charge in [-0.2, -0.15) is 0 Å². The van der Waals surface area contributed by atoms with Gasteiger partial charge in [-0.15, -0.1) is 6.58 Å². The lowest BCUT2D eigenvalue weighted by Crippen LogP contribution is -2.14. The Morgan fingerprint density at radius 3 is 3.00 bits per heavy atom. The third-order valence-electron chi connectivity index (χ3n) is 3.19. The number of nitrogens with zero attached hydrogens (tertiary/aromatic N) is 1. The molecule has 0 saturated heterocycles. The predicted molar refractivity (Wildman–Crippen MR) is 78.7 cm³/mol. The first kappa shape index (κ1) is 12.9. The van der Waals surface area contributed by atoms with E-state index in [1.165, 1.54) is 22.9 Å². The van der Waals surface area contributed by atoms with Crippen molar-refractivity contribution in [3.63, 3.8) is 0 Å². The van der Waals surface area contributed by atoms with E-state index in [9.17, 15) is 0 Å². The van der Waals surface area contributed by atoms with Crippen LogP contribution in [0.3, 0.4) is 0 Å². The molecule has 0 aliphatic carbocycles. The number of hydrogen-bond donors (Lipinski definition) is 1. The third kappa shape index (κ3) is 2.82. The van der Waals surface area contributed by atoms with Gasteiger partial charge in [0.15, 0.2) is 0 Å². The summed E-state index contributed by atoms with van der Waals surface area (Å²) in [4.78, 5) is 0. The summed E-state index contributed by atoms with van der Waals surface area (Å²) in [5.41, 5.74) is 2.75. The molecule has 0 amide bonds. The van der Waals surface area contributed by atoms with Crippen molar-refractivity contribution in [3.8, 4) is 0 Å². The van der Waals surface area contributed by atoms with Crippen LogP contribution in [0.1, 0.15) is 25.3 Å². The van der Waals surface area contributed by atoms with Crippen molar-refractivity contribution < 1.29 is 0 Å². The highest BCUT2D eigenvalue weighted by molar-refractivity contribution is 5.83. The lowest BCUT2D eigenvalue weighted by atomic mass is 10.1. The van der Waals surface area contributed by atoms with Gasteiger partial charge in [-0.1, -0.05) is 31.2 Å². The van der Waals surface area contributed by atoms with Crippen LogP contribution in [0.25, 0.3) is 10.9 Å². The van der Waals surface area contributed by atoms with E-state index in [0.717, 1.165) is 26.1 Å². The molecule has 0 unspecified atom stereocenters. The van der Waals surface area contributed by atoms with E-state index in [4.69, 9.17) is 0 Å². The first-order valence-electron chi connectivity index (χ1n) is 6.75. The number of fused-ring (bicyclic) bond motifs is 1. The van der Waals surface area contributed by atoms with Crippen molar-refractivity contribution in [3.05, 3.63) is 48.7 Å². The van der Waals surface area contributed by atoms with E-state index in [1.807, 2.05) is 6.08 Å². The van der Waals surface area contributed by atoms with Crippen LogP contribution in [0.4, 0.5) is 0 Å². The molecule has 96 valence electrons. The van der Waals surface area contributed by atoms with Gasteiger partial charge >= 0.3 is 0 Å². The summed E-state index contributed by atoms with van der Waals surface area (Å²) in [6.07, 6.45) is 6.34. The molecular weight excluding hydrogens is 220 g/mol. The molecule has 18 heavy (non-hydrogen) atoms. The smallest absolute Gasteiger partial charge is 0.0525 e. The number of nitrogens with one attached hydrogen (secondary N) is 1. The van der Waals surface area contributed by atoms with Crippen LogP contribution in [0, 0.1) is 0 Å². The number of para-hydroxylation sites is 1. The van der Waals surface area contributed by atoms with E-state index < -0.39 is 0 Å². The first-order valence-corrected chi connectivity index (χ1v) is 6.75. The lowest BCUT2D eigenvalue weighted by Gasteiger charge is -2.10. The Kier molecular flexibility index (Phi) is 4.59. The van der Waals surface area contributed by atoms with Crippen LogP contribution in [0.5, 0.6) is 0 Å². The molecular formula is C16H22N2. The summed E-state index contributed by atoms with van der Waals surface area (Å²) >= 11 is 0. The monoisotopic (exact) mass is 242 g/mol. The maximum absolute atomic E-state index is 3.80. The van der Waals surface area contributed by atoms with Crippen molar-refractivity contribution in [2.45, 2.75) is 32.9 Å². The summed E-state index contributed by atoms with van der Waals surface area (Å²) in [6.45, 7) is 9.02. The van der Waals surface area contributed by atoms with E-state index in [1.54, 1.807) is 0 Å². The Labute approximate surface area is 109 Å². The highest BCUT2D eigenvalue weighted by atomic mass is 15.0.